The van der Waals surface area contributed by atoms with E-state index >= 15 is 0 Å². The van der Waals surface area contributed by atoms with Crippen LogP contribution in [0.25, 0.3) is 5.69 Å². The van der Waals surface area contributed by atoms with Gasteiger partial charge in [0.25, 0.3) is 0 Å². The van der Waals surface area contributed by atoms with E-state index in [1.807, 2.05) is 65.6 Å². The second-order valence-corrected chi connectivity index (χ2v) is 6.26. The second kappa shape index (κ2) is 9.31. The Morgan fingerprint density at radius 1 is 1.18 bits per heavy atom. The summed E-state index contributed by atoms with van der Waals surface area (Å²) in [5.74, 6) is 0.156. The molecule has 28 heavy (non-hydrogen) atoms. The fourth-order valence-corrected chi connectivity index (χ4v) is 2.90. The van der Waals surface area contributed by atoms with Crippen molar-refractivity contribution in [1.82, 2.24) is 14.7 Å². The van der Waals surface area contributed by atoms with Crippen LogP contribution in [0.2, 0.25) is 0 Å². The third kappa shape index (κ3) is 4.72. The molecule has 0 saturated heterocycles. The minimum atomic E-state index is -0.216. The molecule has 0 spiro atoms. The van der Waals surface area contributed by atoms with Crippen LogP contribution in [0.5, 0.6) is 0 Å². The van der Waals surface area contributed by atoms with E-state index in [9.17, 15) is 10.1 Å². The molecular weight excluding hydrogens is 350 g/mol. The van der Waals surface area contributed by atoms with Crippen molar-refractivity contribution >= 4 is 11.7 Å². The van der Waals surface area contributed by atoms with Gasteiger partial charge in [0.15, 0.2) is 5.82 Å². The molecule has 0 bridgehead atoms. The number of para-hydroxylation sites is 1. The quantitative estimate of drug-likeness (QED) is 0.616. The third-order valence-electron chi connectivity index (χ3n) is 4.15. The smallest absolute Gasteiger partial charge is 0.239 e. The maximum Gasteiger partial charge on any atom is 0.239 e. The highest BCUT2D eigenvalue weighted by Gasteiger charge is 2.17. The molecule has 0 unspecified atom stereocenters. The lowest BCUT2D eigenvalue weighted by Crippen LogP contribution is -2.33. The summed E-state index contributed by atoms with van der Waals surface area (Å²) in [7, 11) is 0. The number of carbonyl (C=O) groups is 1. The number of amides is 1. The lowest BCUT2D eigenvalue weighted by molar-refractivity contribution is -0.117. The average molecular weight is 371 g/mol. The number of aromatic nitrogens is 2. The van der Waals surface area contributed by atoms with Gasteiger partial charge in [-0.2, -0.15) is 10.4 Å². The Bertz CT molecular complexity index is 973. The van der Waals surface area contributed by atoms with Gasteiger partial charge in [-0.1, -0.05) is 54.6 Å². The summed E-state index contributed by atoms with van der Waals surface area (Å²) in [6.07, 6.45) is 3.22. The molecule has 0 aliphatic rings. The van der Waals surface area contributed by atoms with Crippen molar-refractivity contribution in [2.24, 2.45) is 0 Å². The highest BCUT2D eigenvalue weighted by atomic mass is 16.2. The van der Waals surface area contributed by atoms with Crippen molar-refractivity contribution in [1.29, 1.82) is 5.26 Å². The molecule has 2 aromatic carbocycles. The monoisotopic (exact) mass is 371 g/mol. The number of hydrogen-bond acceptors (Lipinski definition) is 4. The van der Waals surface area contributed by atoms with E-state index in [1.165, 1.54) is 6.20 Å². The molecule has 6 heteroatoms. The van der Waals surface area contributed by atoms with Gasteiger partial charge in [-0.25, -0.2) is 4.68 Å². The molecule has 0 fully saturated rings. The van der Waals surface area contributed by atoms with Crippen LogP contribution < -0.4 is 5.32 Å². The Kier molecular flexibility index (Phi) is 6.34. The van der Waals surface area contributed by atoms with Crippen molar-refractivity contribution in [2.75, 3.05) is 18.4 Å². The standard InChI is InChI=1S/C22H21N5O/c1-2-13-26(16-18-9-5-3-6-10-18)17-21(28)25-22-19(14-23)15-24-27(22)20-11-7-4-8-12-20/h2-12,15H,1,13,16-17H2,(H,25,28). The Hall–Kier alpha value is -3.69. The first-order valence-electron chi connectivity index (χ1n) is 8.92. The lowest BCUT2D eigenvalue weighted by atomic mass is 10.2. The van der Waals surface area contributed by atoms with Gasteiger partial charge in [0.2, 0.25) is 5.91 Å². The lowest BCUT2D eigenvalue weighted by Gasteiger charge is -2.20. The number of nitriles is 1. The van der Waals surface area contributed by atoms with Gasteiger partial charge in [0, 0.05) is 13.1 Å². The Labute approximate surface area is 164 Å². The SMILES string of the molecule is C=CCN(CC(=O)Nc1c(C#N)cnn1-c1ccccc1)Cc1ccccc1. The summed E-state index contributed by atoms with van der Waals surface area (Å²) in [6.45, 7) is 5.15. The molecule has 140 valence electrons. The fraction of sp³-hybridized carbons (Fsp3) is 0.136. The van der Waals surface area contributed by atoms with E-state index in [-0.39, 0.29) is 12.5 Å². The minimum Gasteiger partial charge on any atom is -0.308 e. The molecule has 0 radical (unpaired) electrons. The van der Waals surface area contributed by atoms with E-state index in [4.69, 9.17) is 0 Å². The van der Waals surface area contributed by atoms with Gasteiger partial charge in [-0.15, -0.1) is 6.58 Å². The maximum absolute atomic E-state index is 12.7. The number of rotatable bonds is 8. The van der Waals surface area contributed by atoms with Crippen molar-refractivity contribution in [3.8, 4) is 11.8 Å². The fourth-order valence-electron chi connectivity index (χ4n) is 2.90. The van der Waals surface area contributed by atoms with E-state index in [0.717, 1.165) is 11.3 Å². The molecule has 1 N–H and O–H groups in total. The van der Waals surface area contributed by atoms with Crippen LogP contribution in [0.4, 0.5) is 5.82 Å². The van der Waals surface area contributed by atoms with Crippen LogP contribution in [0, 0.1) is 11.3 Å². The van der Waals surface area contributed by atoms with Crippen molar-refractivity contribution in [2.45, 2.75) is 6.54 Å². The van der Waals surface area contributed by atoms with Gasteiger partial charge in [0.1, 0.15) is 11.6 Å². The zero-order chi connectivity index (χ0) is 19.8. The Balaban J connectivity index is 1.75. The molecule has 0 saturated carbocycles. The zero-order valence-electron chi connectivity index (χ0n) is 15.5. The van der Waals surface area contributed by atoms with Crippen LogP contribution in [0.15, 0.2) is 79.5 Å². The molecule has 1 heterocycles. The number of benzene rings is 2. The van der Waals surface area contributed by atoms with Crippen LogP contribution in [-0.2, 0) is 11.3 Å². The first-order valence-corrected chi connectivity index (χ1v) is 8.92. The summed E-state index contributed by atoms with van der Waals surface area (Å²) < 4.78 is 1.56. The molecular formula is C22H21N5O. The van der Waals surface area contributed by atoms with Crippen molar-refractivity contribution in [3.05, 3.63) is 90.6 Å². The zero-order valence-corrected chi connectivity index (χ0v) is 15.5. The molecule has 3 rings (SSSR count). The first-order chi connectivity index (χ1) is 13.7. The van der Waals surface area contributed by atoms with Gasteiger partial charge in [-0.05, 0) is 17.7 Å². The second-order valence-electron chi connectivity index (χ2n) is 6.26. The molecule has 6 nitrogen and oxygen atoms in total. The van der Waals surface area contributed by atoms with E-state index < -0.39 is 0 Å². The number of anilines is 1. The van der Waals surface area contributed by atoms with Gasteiger partial charge < -0.3 is 5.32 Å². The predicted octanol–water partition coefficient (Wildman–Crippen LogP) is 3.37. The molecule has 0 aliphatic heterocycles. The highest BCUT2D eigenvalue weighted by molar-refractivity contribution is 5.93. The number of hydrogen-bond donors (Lipinski definition) is 1. The van der Waals surface area contributed by atoms with Crippen LogP contribution in [0.1, 0.15) is 11.1 Å². The van der Waals surface area contributed by atoms with E-state index in [0.29, 0.717) is 24.5 Å². The van der Waals surface area contributed by atoms with Gasteiger partial charge >= 0.3 is 0 Å². The van der Waals surface area contributed by atoms with Crippen LogP contribution in [0.3, 0.4) is 0 Å². The van der Waals surface area contributed by atoms with Crippen LogP contribution >= 0.6 is 0 Å². The topological polar surface area (TPSA) is 74.0 Å². The summed E-state index contributed by atoms with van der Waals surface area (Å²) in [6, 6.07) is 21.4. The van der Waals surface area contributed by atoms with Crippen LogP contribution in [-0.4, -0.2) is 33.7 Å². The predicted molar refractivity (Wildman–Crippen MR) is 109 cm³/mol. The third-order valence-corrected chi connectivity index (χ3v) is 4.15. The largest absolute Gasteiger partial charge is 0.308 e. The van der Waals surface area contributed by atoms with Gasteiger partial charge in [0.05, 0.1) is 18.4 Å². The average Bonchev–Trinajstić information content (AvgIpc) is 3.12. The van der Waals surface area contributed by atoms with E-state index in [1.54, 1.807) is 10.8 Å². The molecule has 1 amide bonds. The van der Waals surface area contributed by atoms with Gasteiger partial charge in [-0.3, -0.25) is 9.69 Å². The molecule has 0 atom stereocenters. The molecule has 1 aromatic heterocycles. The molecule has 0 aliphatic carbocycles. The summed E-state index contributed by atoms with van der Waals surface area (Å²) in [5, 5.41) is 16.5. The normalized spacial score (nSPS) is 10.4. The highest BCUT2D eigenvalue weighted by Crippen LogP contribution is 2.19. The Morgan fingerprint density at radius 2 is 1.86 bits per heavy atom. The summed E-state index contributed by atoms with van der Waals surface area (Å²) >= 11 is 0. The minimum absolute atomic E-state index is 0.172. The maximum atomic E-state index is 12.7. The molecule has 3 aromatic rings. The number of nitrogens with zero attached hydrogens (tertiary/aromatic N) is 4. The van der Waals surface area contributed by atoms with E-state index in [2.05, 4.69) is 23.1 Å². The first kappa shape index (κ1) is 19.1. The van der Waals surface area contributed by atoms with Crippen molar-refractivity contribution < 1.29 is 4.79 Å². The van der Waals surface area contributed by atoms with Crippen molar-refractivity contribution in [3.63, 3.8) is 0 Å². The number of carbonyl (C=O) groups excluding carboxylic acids is 1. The Morgan fingerprint density at radius 3 is 2.50 bits per heavy atom. The summed E-state index contributed by atoms with van der Waals surface area (Å²) in [5.41, 5.74) is 2.20. The number of nitrogens with one attached hydrogen (secondary N) is 1. The summed E-state index contributed by atoms with van der Waals surface area (Å²) in [4.78, 5) is 14.7.